The van der Waals surface area contributed by atoms with Gasteiger partial charge in [-0.3, -0.25) is 4.79 Å². The lowest BCUT2D eigenvalue weighted by molar-refractivity contribution is -0.137. The van der Waals surface area contributed by atoms with Gasteiger partial charge in [0.25, 0.3) is 5.91 Å². The monoisotopic (exact) mass is 379 g/mol. The lowest BCUT2D eigenvalue weighted by Gasteiger charge is -2.15. The molecular weight excluding hydrogens is 359 g/mol. The molecule has 0 bridgehead atoms. The molecular formula is C19H20F3N3O2. The van der Waals surface area contributed by atoms with Gasteiger partial charge in [-0.15, -0.1) is 0 Å². The van der Waals surface area contributed by atoms with E-state index in [0.29, 0.717) is 0 Å². The van der Waals surface area contributed by atoms with E-state index in [-0.39, 0.29) is 30.7 Å². The Balaban J connectivity index is 1.71. The van der Waals surface area contributed by atoms with E-state index in [1.54, 1.807) is 0 Å². The zero-order valence-corrected chi connectivity index (χ0v) is 14.6. The van der Waals surface area contributed by atoms with E-state index < -0.39 is 17.6 Å². The van der Waals surface area contributed by atoms with Gasteiger partial charge >= 0.3 is 12.2 Å². The smallest absolute Gasteiger partial charge is 0.350 e. The second-order valence-electron chi connectivity index (χ2n) is 5.86. The van der Waals surface area contributed by atoms with Crippen molar-refractivity contribution in [3.63, 3.8) is 0 Å². The van der Waals surface area contributed by atoms with Gasteiger partial charge in [-0.25, -0.2) is 4.79 Å². The molecule has 27 heavy (non-hydrogen) atoms. The zero-order chi connectivity index (χ0) is 19.9. The molecule has 0 fully saturated rings. The van der Waals surface area contributed by atoms with Crippen LogP contribution in [-0.4, -0.2) is 25.0 Å². The van der Waals surface area contributed by atoms with Crippen LogP contribution in [0.1, 0.15) is 34.5 Å². The molecule has 0 spiro atoms. The standard InChI is InChI=1S/C19H20F3N3O2/c1-13(14-5-3-2-4-6-14)25-18(27)24-12-11-23-17(26)15-7-9-16(10-8-15)19(20,21)22/h2-10,13H,11-12H2,1H3,(H,23,26)(H2,24,25,27). The van der Waals surface area contributed by atoms with Crippen molar-refractivity contribution >= 4 is 11.9 Å². The minimum absolute atomic E-state index is 0.116. The first-order chi connectivity index (χ1) is 12.8. The molecule has 0 radical (unpaired) electrons. The van der Waals surface area contributed by atoms with E-state index in [2.05, 4.69) is 16.0 Å². The number of rotatable bonds is 6. The Morgan fingerprint density at radius 3 is 2.11 bits per heavy atom. The largest absolute Gasteiger partial charge is 0.416 e. The van der Waals surface area contributed by atoms with Crippen molar-refractivity contribution in [3.8, 4) is 0 Å². The Morgan fingerprint density at radius 1 is 0.926 bits per heavy atom. The highest BCUT2D eigenvalue weighted by atomic mass is 19.4. The van der Waals surface area contributed by atoms with Crippen LogP contribution >= 0.6 is 0 Å². The van der Waals surface area contributed by atoms with Crippen LogP contribution in [0.4, 0.5) is 18.0 Å². The topological polar surface area (TPSA) is 70.2 Å². The Kier molecular flexibility index (Phi) is 6.81. The number of carbonyl (C=O) groups is 2. The minimum atomic E-state index is -4.44. The number of alkyl halides is 3. The van der Waals surface area contributed by atoms with E-state index in [9.17, 15) is 22.8 Å². The number of benzene rings is 2. The number of urea groups is 1. The number of hydrogen-bond donors (Lipinski definition) is 3. The molecule has 0 aliphatic carbocycles. The molecule has 0 aliphatic heterocycles. The van der Waals surface area contributed by atoms with Gasteiger partial charge in [0.1, 0.15) is 0 Å². The molecule has 0 saturated carbocycles. The normalized spacial score (nSPS) is 12.1. The van der Waals surface area contributed by atoms with E-state index >= 15 is 0 Å². The van der Waals surface area contributed by atoms with Crippen LogP contribution < -0.4 is 16.0 Å². The Morgan fingerprint density at radius 2 is 1.52 bits per heavy atom. The Labute approximate surface area is 155 Å². The molecule has 0 aliphatic rings. The highest BCUT2D eigenvalue weighted by Crippen LogP contribution is 2.29. The van der Waals surface area contributed by atoms with Crippen LogP contribution in [-0.2, 0) is 6.18 Å². The SMILES string of the molecule is CC(NC(=O)NCCNC(=O)c1ccc(C(F)(F)F)cc1)c1ccccc1. The molecule has 0 saturated heterocycles. The minimum Gasteiger partial charge on any atom is -0.350 e. The van der Waals surface area contributed by atoms with Crippen molar-refractivity contribution in [3.05, 3.63) is 71.3 Å². The maximum absolute atomic E-state index is 12.5. The van der Waals surface area contributed by atoms with Crippen LogP contribution in [0.3, 0.4) is 0 Å². The lowest BCUT2D eigenvalue weighted by Crippen LogP contribution is -2.41. The summed E-state index contributed by atoms with van der Waals surface area (Å²) < 4.78 is 37.5. The average Bonchev–Trinajstić information content (AvgIpc) is 2.65. The summed E-state index contributed by atoms with van der Waals surface area (Å²) in [5.74, 6) is -0.511. The summed E-state index contributed by atoms with van der Waals surface area (Å²) in [7, 11) is 0. The molecule has 0 aromatic heterocycles. The second kappa shape index (κ2) is 9.07. The number of halogens is 3. The van der Waals surface area contributed by atoms with Crippen molar-refractivity contribution in [2.75, 3.05) is 13.1 Å². The second-order valence-corrected chi connectivity index (χ2v) is 5.86. The van der Waals surface area contributed by atoms with Crippen molar-refractivity contribution in [2.24, 2.45) is 0 Å². The van der Waals surface area contributed by atoms with Gasteiger partial charge in [0.15, 0.2) is 0 Å². The lowest BCUT2D eigenvalue weighted by atomic mass is 10.1. The summed E-state index contributed by atoms with van der Waals surface area (Å²) in [6, 6.07) is 12.8. The first kappa shape index (κ1) is 20.3. The molecule has 5 nitrogen and oxygen atoms in total. The molecule has 2 aromatic rings. The number of carbonyl (C=O) groups excluding carboxylic acids is 2. The molecule has 3 N–H and O–H groups in total. The van der Waals surface area contributed by atoms with Crippen LogP contribution in [0.2, 0.25) is 0 Å². The van der Waals surface area contributed by atoms with E-state index in [1.807, 2.05) is 37.3 Å². The van der Waals surface area contributed by atoms with Gasteiger partial charge in [0.05, 0.1) is 11.6 Å². The quantitative estimate of drug-likeness (QED) is 0.673. The molecule has 2 rings (SSSR count). The molecule has 1 unspecified atom stereocenters. The third-order valence-corrected chi connectivity index (χ3v) is 3.82. The Bertz CT molecular complexity index is 762. The predicted molar refractivity (Wildman–Crippen MR) is 95.2 cm³/mol. The molecule has 2 aromatic carbocycles. The summed E-state index contributed by atoms with van der Waals surface area (Å²) in [6.45, 7) is 2.17. The van der Waals surface area contributed by atoms with Gasteiger partial charge < -0.3 is 16.0 Å². The predicted octanol–water partition coefficient (Wildman–Crippen LogP) is 3.50. The summed E-state index contributed by atoms with van der Waals surface area (Å²) in [5, 5.41) is 7.91. The maximum Gasteiger partial charge on any atom is 0.416 e. The van der Waals surface area contributed by atoms with Crippen LogP contribution in [0.5, 0.6) is 0 Å². The fourth-order valence-corrected chi connectivity index (χ4v) is 2.34. The van der Waals surface area contributed by atoms with E-state index in [1.165, 1.54) is 0 Å². The maximum atomic E-state index is 12.5. The zero-order valence-electron chi connectivity index (χ0n) is 14.6. The van der Waals surface area contributed by atoms with Gasteiger partial charge in [-0.2, -0.15) is 13.2 Å². The highest BCUT2D eigenvalue weighted by Gasteiger charge is 2.30. The van der Waals surface area contributed by atoms with E-state index in [0.717, 1.165) is 29.8 Å². The van der Waals surface area contributed by atoms with Gasteiger partial charge in [0.2, 0.25) is 0 Å². The molecule has 3 amide bonds. The Hall–Kier alpha value is -3.03. The van der Waals surface area contributed by atoms with Crippen LogP contribution in [0.15, 0.2) is 54.6 Å². The summed E-state index contributed by atoms with van der Waals surface area (Å²) in [6.07, 6.45) is -4.44. The molecule has 0 heterocycles. The summed E-state index contributed by atoms with van der Waals surface area (Å²) in [4.78, 5) is 23.7. The summed E-state index contributed by atoms with van der Waals surface area (Å²) in [5.41, 5.74) is 0.262. The van der Waals surface area contributed by atoms with E-state index in [4.69, 9.17) is 0 Å². The molecule has 144 valence electrons. The summed E-state index contributed by atoms with van der Waals surface area (Å²) >= 11 is 0. The van der Waals surface area contributed by atoms with Crippen molar-refractivity contribution in [2.45, 2.75) is 19.1 Å². The van der Waals surface area contributed by atoms with Gasteiger partial charge in [0, 0.05) is 18.7 Å². The third-order valence-electron chi connectivity index (χ3n) is 3.82. The van der Waals surface area contributed by atoms with Gasteiger partial charge in [-0.1, -0.05) is 30.3 Å². The van der Waals surface area contributed by atoms with Crippen molar-refractivity contribution in [1.82, 2.24) is 16.0 Å². The molecule has 1 atom stereocenters. The number of hydrogen-bond acceptors (Lipinski definition) is 2. The first-order valence-electron chi connectivity index (χ1n) is 8.32. The highest BCUT2D eigenvalue weighted by molar-refractivity contribution is 5.94. The third kappa shape index (κ3) is 6.32. The fourth-order valence-electron chi connectivity index (χ4n) is 2.34. The first-order valence-corrected chi connectivity index (χ1v) is 8.32. The number of nitrogens with one attached hydrogen (secondary N) is 3. The fraction of sp³-hybridized carbons (Fsp3) is 0.263. The van der Waals surface area contributed by atoms with Gasteiger partial charge in [-0.05, 0) is 36.8 Å². The number of amides is 3. The average molecular weight is 379 g/mol. The van der Waals surface area contributed by atoms with Crippen LogP contribution in [0.25, 0.3) is 0 Å². The molecule has 8 heteroatoms. The van der Waals surface area contributed by atoms with Crippen molar-refractivity contribution in [1.29, 1.82) is 0 Å². The van der Waals surface area contributed by atoms with Crippen LogP contribution in [0, 0.1) is 0 Å². The van der Waals surface area contributed by atoms with Crippen molar-refractivity contribution < 1.29 is 22.8 Å².